The van der Waals surface area contributed by atoms with Crippen LogP contribution < -0.4 is 14.5 Å². The van der Waals surface area contributed by atoms with Crippen LogP contribution in [0.25, 0.3) is 10.8 Å². The van der Waals surface area contributed by atoms with Gasteiger partial charge >= 0.3 is 6.09 Å². The lowest BCUT2D eigenvalue weighted by molar-refractivity contribution is 0.110. The third kappa shape index (κ3) is 4.67. The molecule has 8 rings (SSSR count). The first-order chi connectivity index (χ1) is 21.8. The summed E-state index contributed by atoms with van der Waals surface area (Å²) < 4.78 is 7.59. The number of fused-ring (bicyclic) bond motifs is 5. The van der Waals surface area contributed by atoms with Crippen molar-refractivity contribution in [1.29, 1.82) is 5.26 Å². The molecule has 11 heteroatoms. The molecule has 10 nitrogen and oxygen atoms in total. The standard InChI is InChI=1S/C34H37BrN6O4/c35-28-5-1-4-21-14-24(42)15-29(30(21)28)38-13-8-25-27(19-38)26(16-36)32(45-20-34-9-2-11-40(34)12-3-10-34)37-31(25)41-22-6-7-23(41)18-39(17-22)33(43)44/h1,4-5,14-15,22-23,42H,2-3,6-13,17-20H2,(H,43,44)/t22-,23+. The van der Waals surface area contributed by atoms with Gasteiger partial charge in [0.25, 0.3) is 0 Å². The number of hydrogen-bond acceptors (Lipinski definition) is 8. The van der Waals surface area contributed by atoms with E-state index in [0.29, 0.717) is 50.7 Å². The molecule has 0 aliphatic carbocycles. The lowest BCUT2D eigenvalue weighted by Crippen LogP contribution is -2.56. The van der Waals surface area contributed by atoms with Crippen LogP contribution in [-0.2, 0) is 13.0 Å². The van der Waals surface area contributed by atoms with Crippen LogP contribution in [-0.4, -0.2) is 88.0 Å². The number of nitriles is 1. The zero-order valence-corrected chi connectivity index (χ0v) is 26.8. The SMILES string of the molecule is N#Cc1c(OCC23CCCN2CCC3)nc(N2[C@@H]3CC[C@H]2CN(C(=O)O)C3)c2c1CN(c1cc(O)cc3cccc(Br)c13)CC2. The number of hydrogen-bond donors (Lipinski definition) is 2. The predicted molar refractivity (Wildman–Crippen MR) is 174 cm³/mol. The maximum atomic E-state index is 11.9. The summed E-state index contributed by atoms with van der Waals surface area (Å²) in [6.45, 7) is 4.77. The van der Waals surface area contributed by atoms with Crippen molar-refractivity contribution in [3.8, 4) is 17.7 Å². The number of phenols is 1. The fourth-order valence-electron chi connectivity index (χ4n) is 8.89. The number of aromatic nitrogens is 1. The number of phenolic OH excluding ortho intramolecular Hbond substituents is 1. The summed E-state index contributed by atoms with van der Waals surface area (Å²) >= 11 is 3.74. The van der Waals surface area contributed by atoms with Crippen molar-refractivity contribution in [1.82, 2.24) is 14.8 Å². The van der Waals surface area contributed by atoms with Gasteiger partial charge in [0.05, 0.1) is 5.54 Å². The first-order valence-corrected chi connectivity index (χ1v) is 16.9. The summed E-state index contributed by atoms with van der Waals surface area (Å²) in [5.41, 5.74) is 3.38. The lowest BCUT2D eigenvalue weighted by atomic mass is 9.93. The van der Waals surface area contributed by atoms with Gasteiger partial charge in [0.15, 0.2) is 0 Å². The summed E-state index contributed by atoms with van der Waals surface area (Å²) in [4.78, 5) is 25.8. The number of piperazine rings is 1. The predicted octanol–water partition coefficient (Wildman–Crippen LogP) is 5.48. The fourth-order valence-corrected chi connectivity index (χ4v) is 9.47. The minimum atomic E-state index is -0.873. The Morgan fingerprint density at radius 2 is 1.87 bits per heavy atom. The molecule has 45 heavy (non-hydrogen) atoms. The molecule has 1 aromatic heterocycles. The average molecular weight is 674 g/mol. The summed E-state index contributed by atoms with van der Waals surface area (Å²) in [5.74, 6) is 1.44. The molecule has 0 radical (unpaired) electrons. The highest BCUT2D eigenvalue weighted by Gasteiger charge is 2.46. The van der Waals surface area contributed by atoms with Crippen LogP contribution in [0.15, 0.2) is 34.8 Å². The van der Waals surface area contributed by atoms with Crippen molar-refractivity contribution in [2.45, 2.75) is 69.1 Å². The summed E-state index contributed by atoms with van der Waals surface area (Å²) in [7, 11) is 0. The van der Waals surface area contributed by atoms with Crippen LogP contribution in [0, 0.1) is 11.3 Å². The van der Waals surface area contributed by atoms with Crippen LogP contribution >= 0.6 is 15.9 Å². The molecule has 234 valence electrons. The quantitative estimate of drug-likeness (QED) is 0.364. The molecular formula is C34H37BrN6O4. The Labute approximate surface area is 270 Å². The molecule has 1 amide bonds. The Morgan fingerprint density at radius 3 is 2.58 bits per heavy atom. The van der Waals surface area contributed by atoms with Gasteiger partial charge in [-0.25, -0.2) is 4.79 Å². The van der Waals surface area contributed by atoms with Crippen molar-refractivity contribution in [3.05, 3.63) is 51.5 Å². The average Bonchev–Trinajstić information content (AvgIpc) is 3.69. The summed E-state index contributed by atoms with van der Waals surface area (Å²) in [5, 5.41) is 33.1. The van der Waals surface area contributed by atoms with Crippen LogP contribution in [0.2, 0.25) is 0 Å². The molecule has 4 saturated heterocycles. The van der Waals surface area contributed by atoms with Gasteiger partial charge in [0.1, 0.15) is 29.8 Å². The number of nitrogens with zero attached hydrogens (tertiary/aromatic N) is 6. The molecule has 3 aromatic rings. The number of benzene rings is 2. The Kier molecular flexibility index (Phi) is 6.99. The second-order valence-electron chi connectivity index (χ2n) is 13.3. The van der Waals surface area contributed by atoms with Gasteiger partial charge in [0.2, 0.25) is 5.88 Å². The molecule has 0 unspecified atom stereocenters. The number of aromatic hydroxyl groups is 1. The topological polar surface area (TPSA) is 116 Å². The normalized spacial score (nSPS) is 23.7. The van der Waals surface area contributed by atoms with Crippen molar-refractivity contribution in [2.24, 2.45) is 0 Å². The first-order valence-electron chi connectivity index (χ1n) is 16.1. The second kappa shape index (κ2) is 11.0. The second-order valence-corrected chi connectivity index (χ2v) is 14.2. The Morgan fingerprint density at radius 1 is 1.11 bits per heavy atom. The van der Waals surface area contributed by atoms with Crippen LogP contribution in [0.4, 0.5) is 16.3 Å². The van der Waals surface area contributed by atoms with Crippen molar-refractivity contribution < 1.29 is 19.7 Å². The highest BCUT2D eigenvalue weighted by molar-refractivity contribution is 9.10. The van der Waals surface area contributed by atoms with E-state index in [1.54, 1.807) is 6.07 Å². The minimum absolute atomic E-state index is 0.00933. The van der Waals surface area contributed by atoms with E-state index in [-0.39, 0.29) is 23.4 Å². The van der Waals surface area contributed by atoms with E-state index in [0.717, 1.165) is 89.5 Å². The largest absolute Gasteiger partial charge is 0.508 e. The van der Waals surface area contributed by atoms with E-state index in [2.05, 4.69) is 36.7 Å². The van der Waals surface area contributed by atoms with Crippen LogP contribution in [0.1, 0.15) is 55.2 Å². The van der Waals surface area contributed by atoms with Crippen molar-refractivity contribution in [3.63, 3.8) is 0 Å². The van der Waals surface area contributed by atoms with Gasteiger partial charge < -0.3 is 29.6 Å². The molecule has 5 aliphatic heterocycles. The fraction of sp³-hybridized carbons (Fsp3) is 0.500. The van der Waals surface area contributed by atoms with Crippen LogP contribution in [0.5, 0.6) is 11.6 Å². The monoisotopic (exact) mass is 672 g/mol. The highest BCUT2D eigenvalue weighted by Crippen LogP contribution is 2.45. The smallest absolute Gasteiger partial charge is 0.407 e. The number of rotatable bonds is 5. The molecule has 0 saturated carbocycles. The van der Waals surface area contributed by atoms with Gasteiger partial charge in [-0.2, -0.15) is 10.2 Å². The van der Waals surface area contributed by atoms with E-state index >= 15 is 0 Å². The Balaban J connectivity index is 1.22. The minimum Gasteiger partial charge on any atom is -0.508 e. The molecule has 2 bridgehead atoms. The van der Waals surface area contributed by atoms with E-state index in [1.165, 1.54) is 4.90 Å². The number of anilines is 2. The van der Waals surface area contributed by atoms with Gasteiger partial charge in [-0.15, -0.1) is 0 Å². The molecule has 4 fully saturated rings. The van der Waals surface area contributed by atoms with E-state index in [4.69, 9.17) is 9.72 Å². The molecule has 2 atom stereocenters. The summed E-state index contributed by atoms with van der Waals surface area (Å²) in [6, 6.07) is 12.1. The van der Waals surface area contributed by atoms with Gasteiger partial charge in [0, 0.05) is 71.0 Å². The number of halogens is 1. The third-order valence-electron chi connectivity index (χ3n) is 11.0. The molecule has 2 aromatic carbocycles. The van der Waals surface area contributed by atoms with Crippen molar-refractivity contribution >= 4 is 44.3 Å². The molecule has 2 N–H and O–H groups in total. The molecule has 0 spiro atoms. The Bertz CT molecular complexity index is 1720. The number of carboxylic acid groups (broad SMARTS) is 1. The maximum absolute atomic E-state index is 11.9. The number of likely N-dealkylation sites (tertiary alicyclic amines) is 1. The molecular weight excluding hydrogens is 636 g/mol. The van der Waals surface area contributed by atoms with E-state index < -0.39 is 6.09 Å². The van der Waals surface area contributed by atoms with E-state index in [9.17, 15) is 20.3 Å². The number of carbonyl (C=O) groups is 1. The van der Waals surface area contributed by atoms with Gasteiger partial charge in [-0.05, 0) is 75.6 Å². The van der Waals surface area contributed by atoms with E-state index in [1.807, 2.05) is 24.3 Å². The molecule has 6 heterocycles. The maximum Gasteiger partial charge on any atom is 0.407 e. The van der Waals surface area contributed by atoms with Crippen LogP contribution in [0.3, 0.4) is 0 Å². The van der Waals surface area contributed by atoms with Crippen molar-refractivity contribution in [2.75, 3.05) is 49.1 Å². The third-order valence-corrected chi connectivity index (χ3v) is 11.6. The molecule has 5 aliphatic rings. The lowest BCUT2D eigenvalue weighted by Gasteiger charge is -2.43. The Hall–Kier alpha value is -3.75. The van der Waals surface area contributed by atoms with Gasteiger partial charge in [-0.1, -0.05) is 28.1 Å². The number of amides is 1. The zero-order chi connectivity index (χ0) is 30.9. The highest BCUT2D eigenvalue weighted by atomic mass is 79.9. The first kappa shape index (κ1) is 28.7. The summed E-state index contributed by atoms with van der Waals surface area (Å²) in [6.07, 6.45) is 6.15. The van der Waals surface area contributed by atoms with Gasteiger partial charge in [-0.3, -0.25) is 4.90 Å². The number of pyridine rings is 1. The zero-order valence-electron chi connectivity index (χ0n) is 25.2. The number of ether oxygens (including phenoxy) is 1.